The quantitative estimate of drug-likeness (QED) is 0.769. The van der Waals surface area contributed by atoms with Crippen LogP contribution in [0.1, 0.15) is 11.4 Å². The largest absolute Gasteiger partial charge is 0.363 e. The van der Waals surface area contributed by atoms with E-state index < -0.39 is 10.0 Å². The summed E-state index contributed by atoms with van der Waals surface area (Å²) in [7, 11) is -1.78. The lowest BCUT2D eigenvalue weighted by atomic mass is 10.3. The lowest BCUT2D eigenvalue weighted by Crippen LogP contribution is -2.13. The first-order valence-electron chi connectivity index (χ1n) is 5.79. The van der Waals surface area contributed by atoms with E-state index >= 15 is 0 Å². The molecule has 0 aromatic carbocycles. The van der Waals surface area contributed by atoms with Crippen molar-refractivity contribution in [3.05, 3.63) is 42.0 Å². The van der Waals surface area contributed by atoms with Gasteiger partial charge in [0.25, 0.3) is 10.0 Å². The Hall–Kier alpha value is -1.86. The van der Waals surface area contributed by atoms with Crippen LogP contribution >= 0.6 is 0 Å². The van der Waals surface area contributed by atoms with Gasteiger partial charge in [-0.3, -0.25) is 9.71 Å². The summed E-state index contributed by atoms with van der Waals surface area (Å²) in [6.07, 6.45) is 3.09. The number of rotatable bonds is 5. The van der Waals surface area contributed by atoms with Crippen molar-refractivity contribution in [3.63, 3.8) is 0 Å². The van der Waals surface area contributed by atoms with Crippen molar-refractivity contribution < 1.29 is 8.42 Å². The van der Waals surface area contributed by atoms with Gasteiger partial charge in [0, 0.05) is 24.6 Å². The summed E-state index contributed by atoms with van der Waals surface area (Å²) in [5.41, 5.74) is 1.93. The van der Waals surface area contributed by atoms with Crippen molar-refractivity contribution >= 4 is 15.7 Å². The smallest absolute Gasteiger partial charge is 0.263 e. The van der Waals surface area contributed by atoms with Gasteiger partial charge < -0.3 is 10.3 Å². The maximum absolute atomic E-state index is 12.2. The molecule has 0 radical (unpaired) electrons. The van der Waals surface area contributed by atoms with Crippen molar-refractivity contribution in [2.75, 3.05) is 11.8 Å². The highest BCUT2D eigenvalue weighted by atomic mass is 32.2. The Kier molecular flexibility index (Phi) is 3.87. The Morgan fingerprint density at radius 3 is 2.89 bits per heavy atom. The van der Waals surface area contributed by atoms with Gasteiger partial charge in [0.1, 0.15) is 4.90 Å². The standard InChI is InChI=1S/C12H16N4O2S/c1-9-12(4-3-5-14-9)16-19(17,18)11-6-10(7-13-2)15-8-11/h3-6,8,13,15-16H,7H2,1-2H3. The van der Waals surface area contributed by atoms with Crippen LogP contribution in [0.5, 0.6) is 0 Å². The molecule has 0 atom stereocenters. The van der Waals surface area contributed by atoms with Crippen LogP contribution in [0.2, 0.25) is 0 Å². The van der Waals surface area contributed by atoms with Gasteiger partial charge in [-0.25, -0.2) is 8.42 Å². The molecule has 0 amide bonds. The summed E-state index contributed by atoms with van der Waals surface area (Å²) < 4.78 is 26.9. The van der Waals surface area contributed by atoms with Crippen LogP contribution in [-0.2, 0) is 16.6 Å². The highest BCUT2D eigenvalue weighted by Gasteiger charge is 2.17. The van der Waals surface area contributed by atoms with Crippen LogP contribution in [-0.4, -0.2) is 25.4 Å². The number of aromatic amines is 1. The number of H-pyrrole nitrogens is 1. The monoisotopic (exact) mass is 280 g/mol. The van der Waals surface area contributed by atoms with E-state index in [1.165, 1.54) is 6.20 Å². The predicted molar refractivity (Wildman–Crippen MR) is 73.3 cm³/mol. The number of pyridine rings is 1. The van der Waals surface area contributed by atoms with Gasteiger partial charge in [-0.1, -0.05) is 0 Å². The van der Waals surface area contributed by atoms with Gasteiger partial charge in [-0.05, 0) is 32.2 Å². The molecular weight excluding hydrogens is 264 g/mol. The third-order valence-corrected chi connectivity index (χ3v) is 3.99. The number of hydrogen-bond acceptors (Lipinski definition) is 4. The van der Waals surface area contributed by atoms with Crippen LogP contribution in [0.25, 0.3) is 0 Å². The molecule has 0 aliphatic heterocycles. The molecule has 102 valence electrons. The summed E-state index contributed by atoms with van der Waals surface area (Å²) in [6, 6.07) is 4.97. The molecule has 0 bridgehead atoms. The molecule has 0 saturated heterocycles. The second-order valence-electron chi connectivity index (χ2n) is 4.13. The molecule has 0 saturated carbocycles. The van der Waals surface area contributed by atoms with E-state index in [-0.39, 0.29) is 4.90 Å². The Morgan fingerprint density at radius 2 is 2.21 bits per heavy atom. The van der Waals surface area contributed by atoms with E-state index in [4.69, 9.17) is 0 Å². The molecule has 3 N–H and O–H groups in total. The van der Waals surface area contributed by atoms with Crippen molar-refractivity contribution in [1.29, 1.82) is 0 Å². The minimum Gasteiger partial charge on any atom is -0.363 e. The number of aromatic nitrogens is 2. The van der Waals surface area contributed by atoms with Crippen molar-refractivity contribution in [1.82, 2.24) is 15.3 Å². The van der Waals surface area contributed by atoms with Crippen molar-refractivity contribution in [2.45, 2.75) is 18.4 Å². The molecule has 0 fully saturated rings. The molecule has 2 heterocycles. The lowest BCUT2D eigenvalue weighted by molar-refractivity contribution is 0.601. The Balaban J connectivity index is 2.25. The van der Waals surface area contributed by atoms with Crippen LogP contribution in [0.15, 0.2) is 35.5 Å². The summed E-state index contributed by atoms with van der Waals surface area (Å²) in [5.74, 6) is 0. The van der Waals surface area contributed by atoms with Gasteiger partial charge in [-0.15, -0.1) is 0 Å². The number of aryl methyl sites for hydroxylation is 1. The summed E-state index contributed by atoms with van der Waals surface area (Å²) in [5, 5.41) is 2.95. The van der Waals surface area contributed by atoms with Crippen LogP contribution < -0.4 is 10.0 Å². The van der Waals surface area contributed by atoms with E-state index in [9.17, 15) is 8.42 Å². The molecular formula is C12H16N4O2S. The van der Waals surface area contributed by atoms with E-state index in [1.807, 2.05) is 0 Å². The maximum atomic E-state index is 12.2. The van der Waals surface area contributed by atoms with E-state index in [1.54, 1.807) is 38.4 Å². The molecule has 19 heavy (non-hydrogen) atoms. The normalized spacial score (nSPS) is 11.5. The third kappa shape index (κ3) is 3.12. The van der Waals surface area contributed by atoms with Crippen LogP contribution in [0, 0.1) is 6.92 Å². The highest BCUT2D eigenvalue weighted by molar-refractivity contribution is 7.92. The molecule has 6 nitrogen and oxygen atoms in total. The van der Waals surface area contributed by atoms with Gasteiger partial charge in [0.15, 0.2) is 0 Å². The molecule has 0 unspecified atom stereocenters. The molecule has 0 aliphatic carbocycles. The predicted octanol–water partition coefficient (Wildman–Crippen LogP) is 1.24. The lowest BCUT2D eigenvalue weighted by Gasteiger charge is -2.07. The van der Waals surface area contributed by atoms with Gasteiger partial charge in [0.2, 0.25) is 0 Å². The van der Waals surface area contributed by atoms with E-state index in [0.29, 0.717) is 17.9 Å². The Bertz CT molecular complexity index is 664. The number of hydrogen-bond donors (Lipinski definition) is 3. The number of nitrogens with zero attached hydrogens (tertiary/aromatic N) is 1. The fourth-order valence-electron chi connectivity index (χ4n) is 1.66. The SMILES string of the molecule is CNCc1cc(S(=O)(=O)Nc2cccnc2C)c[nH]1. The van der Waals surface area contributed by atoms with Gasteiger partial charge >= 0.3 is 0 Å². The maximum Gasteiger partial charge on any atom is 0.263 e. The second-order valence-corrected chi connectivity index (χ2v) is 5.82. The number of sulfonamides is 1. The zero-order chi connectivity index (χ0) is 13.9. The van der Waals surface area contributed by atoms with Crippen LogP contribution in [0.3, 0.4) is 0 Å². The number of nitrogens with one attached hydrogen (secondary N) is 3. The molecule has 7 heteroatoms. The minimum atomic E-state index is -3.58. The molecule has 2 rings (SSSR count). The van der Waals surface area contributed by atoms with Crippen molar-refractivity contribution in [3.8, 4) is 0 Å². The fraction of sp³-hybridized carbons (Fsp3) is 0.250. The van der Waals surface area contributed by atoms with Gasteiger partial charge in [0.05, 0.1) is 11.4 Å². The second kappa shape index (κ2) is 5.41. The molecule has 2 aromatic rings. The van der Waals surface area contributed by atoms with Gasteiger partial charge in [-0.2, -0.15) is 0 Å². The first kappa shape index (κ1) is 13.6. The van der Waals surface area contributed by atoms with E-state index in [0.717, 1.165) is 5.69 Å². The molecule has 0 spiro atoms. The number of anilines is 1. The highest BCUT2D eigenvalue weighted by Crippen LogP contribution is 2.18. The van der Waals surface area contributed by atoms with Crippen molar-refractivity contribution in [2.24, 2.45) is 0 Å². The zero-order valence-electron chi connectivity index (χ0n) is 10.8. The third-order valence-electron chi connectivity index (χ3n) is 2.65. The minimum absolute atomic E-state index is 0.209. The summed E-state index contributed by atoms with van der Waals surface area (Å²) >= 11 is 0. The first-order chi connectivity index (χ1) is 9.03. The topological polar surface area (TPSA) is 86.9 Å². The zero-order valence-corrected chi connectivity index (χ0v) is 11.6. The summed E-state index contributed by atoms with van der Waals surface area (Å²) in [6.45, 7) is 2.34. The Morgan fingerprint density at radius 1 is 1.42 bits per heavy atom. The average Bonchev–Trinajstić information content (AvgIpc) is 2.82. The Labute approximate surface area is 112 Å². The van der Waals surface area contributed by atoms with Crippen LogP contribution in [0.4, 0.5) is 5.69 Å². The average molecular weight is 280 g/mol. The molecule has 2 aromatic heterocycles. The summed E-state index contributed by atoms with van der Waals surface area (Å²) in [4.78, 5) is 7.17. The fourth-order valence-corrected chi connectivity index (χ4v) is 2.80. The van der Waals surface area contributed by atoms with E-state index in [2.05, 4.69) is 20.0 Å². The molecule has 0 aliphatic rings. The first-order valence-corrected chi connectivity index (χ1v) is 7.27.